The largest absolute Gasteiger partial charge is 0.490 e. The first-order valence-corrected chi connectivity index (χ1v) is 10.6. The lowest BCUT2D eigenvalue weighted by molar-refractivity contribution is 0.267. The van der Waals surface area contributed by atoms with Gasteiger partial charge in [-0.05, 0) is 88.9 Å². The highest BCUT2D eigenvalue weighted by molar-refractivity contribution is 9.10. The van der Waals surface area contributed by atoms with Crippen LogP contribution in [-0.2, 0) is 19.6 Å². The van der Waals surface area contributed by atoms with E-state index >= 15 is 0 Å². The van der Waals surface area contributed by atoms with Crippen molar-refractivity contribution < 1.29 is 18.3 Å². The molecule has 0 fully saturated rings. The molecule has 0 bridgehead atoms. The van der Waals surface area contributed by atoms with Gasteiger partial charge in [-0.3, -0.25) is 0 Å². The summed E-state index contributed by atoms with van der Waals surface area (Å²) in [5.74, 6) is 0.786. The molecule has 3 aromatic carbocycles. The van der Waals surface area contributed by atoms with Gasteiger partial charge in [0, 0.05) is 6.54 Å². The van der Waals surface area contributed by atoms with Crippen LogP contribution in [0.4, 0.5) is 8.78 Å². The second-order valence-corrected chi connectivity index (χ2v) is 7.66. The molecule has 1 N–H and O–H groups in total. The van der Waals surface area contributed by atoms with Crippen LogP contribution < -0.4 is 14.8 Å². The van der Waals surface area contributed by atoms with Gasteiger partial charge in [-0.2, -0.15) is 0 Å². The maximum absolute atomic E-state index is 13.1. The molecule has 158 valence electrons. The van der Waals surface area contributed by atoms with Gasteiger partial charge in [0.2, 0.25) is 0 Å². The quantitative estimate of drug-likeness (QED) is 0.362. The van der Waals surface area contributed by atoms with Crippen molar-refractivity contribution in [3.8, 4) is 11.5 Å². The Morgan fingerprint density at radius 1 is 0.833 bits per heavy atom. The average Bonchev–Trinajstić information content (AvgIpc) is 2.73. The first kappa shape index (κ1) is 22.2. The summed E-state index contributed by atoms with van der Waals surface area (Å²) in [5.41, 5.74) is 3.01. The summed E-state index contributed by atoms with van der Waals surface area (Å²) in [6, 6.07) is 16.7. The van der Waals surface area contributed by atoms with Gasteiger partial charge in [0.1, 0.15) is 18.2 Å². The molecule has 0 heterocycles. The summed E-state index contributed by atoms with van der Waals surface area (Å²) in [6.07, 6.45) is 0.818. The summed E-state index contributed by atoms with van der Waals surface area (Å²) < 4.78 is 38.6. The maximum Gasteiger partial charge on any atom is 0.175 e. The van der Waals surface area contributed by atoms with Crippen LogP contribution in [0.15, 0.2) is 65.1 Å². The van der Waals surface area contributed by atoms with Gasteiger partial charge in [-0.25, -0.2) is 8.78 Å². The van der Waals surface area contributed by atoms with Gasteiger partial charge in [-0.1, -0.05) is 24.3 Å². The highest BCUT2D eigenvalue weighted by Crippen LogP contribution is 2.37. The minimum absolute atomic E-state index is 0.221. The van der Waals surface area contributed by atoms with Crippen molar-refractivity contribution in [3.05, 3.63) is 93.5 Å². The molecular weight excluding hydrogens is 452 g/mol. The smallest absolute Gasteiger partial charge is 0.175 e. The molecule has 30 heavy (non-hydrogen) atoms. The van der Waals surface area contributed by atoms with Gasteiger partial charge in [-0.15, -0.1) is 0 Å². The number of nitrogens with one attached hydrogen (secondary N) is 1. The highest BCUT2D eigenvalue weighted by Gasteiger charge is 2.13. The lowest BCUT2D eigenvalue weighted by atomic mass is 10.1. The Bertz CT molecular complexity index is 947. The Hall–Kier alpha value is -2.44. The lowest BCUT2D eigenvalue weighted by Crippen LogP contribution is -2.17. The van der Waals surface area contributed by atoms with E-state index in [9.17, 15) is 8.78 Å². The van der Waals surface area contributed by atoms with E-state index in [1.807, 2.05) is 19.1 Å². The Balaban J connectivity index is 1.60. The van der Waals surface area contributed by atoms with Crippen LogP contribution in [-0.4, -0.2) is 13.2 Å². The Morgan fingerprint density at radius 3 is 2.10 bits per heavy atom. The van der Waals surface area contributed by atoms with Crippen molar-refractivity contribution in [2.45, 2.75) is 26.5 Å². The molecule has 6 heteroatoms. The lowest BCUT2D eigenvalue weighted by Gasteiger charge is -2.16. The van der Waals surface area contributed by atoms with Crippen LogP contribution in [0, 0.1) is 11.6 Å². The van der Waals surface area contributed by atoms with Crippen molar-refractivity contribution in [2.75, 3.05) is 13.2 Å². The van der Waals surface area contributed by atoms with Crippen LogP contribution in [0.5, 0.6) is 11.5 Å². The number of hydrogen-bond donors (Lipinski definition) is 1. The van der Waals surface area contributed by atoms with Crippen molar-refractivity contribution in [3.63, 3.8) is 0 Å². The standard InChI is InChI=1S/C24H24BrF2NO2/c1-2-29-23-14-19(15-28-12-11-17-3-7-20(26)8-4-17)13-22(25)24(23)30-16-18-5-9-21(27)10-6-18/h3-10,13-14,28H,2,11-12,15-16H2,1H3. The summed E-state index contributed by atoms with van der Waals surface area (Å²) in [7, 11) is 0. The molecule has 3 rings (SSSR count). The van der Waals surface area contributed by atoms with Crippen LogP contribution in [0.3, 0.4) is 0 Å². The topological polar surface area (TPSA) is 30.5 Å². The van der Waals surface area contributed by atoms with Gasteiger partial charge in [0.25, 0.3) is 0 Å². The second kappa shape index (κ2) is 11.1. The van der Waals surface area contributed by atoms with Crippen molar-refractivity contribution >= 4 is 15.9 Å². The third-order valence-electron chi connectivity index (χ3n) is 4.50. The molecule has 0 saturated heterocycles. The third-order valence-corrected chi connectivity index (χ3v) is 5.09. The van der Waals surface area contributed by atoms with E-state index < -0.39 is 0 Å². The van der Waals surface area contributed by atoms with Gasteiger partial charge in [0.05, 0.1) is 11.1 Å². The van der Waals surface area contributed by atoms with E-state index in [2.05, 4.69) is 21.2 Å². The van der Waals surface area contributed by atoms with Gasteiger partial charge in [0.15, 0.2) is 11.5 Å². The number of rotatable bonds is 10. The predicted octanol–water partition coefficient (Wildman–Crippen LogP) is 6.04. The molecule has 0 radical (unpaired) electrons. The number of halogens is 3. The number of ether oxygens (including phenoxy) is 2. The third kappa shape index (κ3) is 6.54. The molecule has 3 aromatic rings. The van der Waals surface area contributed by atoms with E-state index in [4.69, 9.17) is 9.47 Å². The normalized spacial score (nSPS) is 10.8. The van der Waals surface area contributed by atoms with Gasteiger partial charge >= 0.3 is 0 Å². The van der Waals surface area contributed by atoms with Crippen LogP contribution in [0.25, 0.3) is 0 Å². The molecule has 0 aliphatic heterocycles. The average molecular weight is 476 g/mol. The van der Waals surface area contributed by atoms with Crippen molar-refractivity contribution in [2.24, 2.45) is 0 Å². The van der Waals surface area contributed by atoms with E-state index in [1.54, 1.807) is 24.3 Å². The zero-order valence-corrected chi connectivity index (χ0v) is 18.3. The fourth-order valence-electron chi connectivity index (χ4n) is 2.98. The summed E-state index contributed by atoms with van der Waals surface area (Å²) in [6.45, 7) is 4.19. The number of benzene rings is 3. The first-order valence-electron chi connectivity index (χ1n) is 9.82. The molecule has 0 atom stereocenters. The summed E-state index contributed by atoms with van der Waals surface area (Å²) >= 11 is 3.58. The Labute approximate surface area is 184 Å². The summed E-state index contributed by atoms with van der Waals surface area (Å²) in [4.78, 5) is 0. The molecule has 0 amide bonds. The zero-order chi connectivity index (χ0) is 21.3. The predicted molar refractivity (Wildman–Crippen MR) is 118 cm³/mol. The molecule has 0 unspecified atom stereocenters. The van der Waals surface area contributed by atoms with Crippen LogP contribution >= 0.6 is 15.9 Å². The monoisotopic (exact) mass is 475 g/mol. The highest BCUT2D eigenvalue weighted by atomic mass is 79.9. The molecule has 0 saturated carbocycles. The van der Waals surface area contributed by atoms with Crippen molar-refractivity contribution in [1.82, 2.24) is 5.32 Å². The van der Waals surface area contributed by atoms with Crippen LogP contribution in [0.2, 0.25) is 0 Å². The molecule has 0 aromatic heterocycles. The fourth-order valence-corrected chi connectivity index (χ4v) is 3.58. The molecule has 0 spiro atoms. The SMILES string of the molecule is CCOc1cc(CNCCc2ccc(F)cc2)cc(Br)c1OCc1ccc(F)cc1. The maximum atomic E-state index is 13.1. The van der Waals surface area contributed by atoms with Crippen LogP contribution in [0.1, 0.15) is 23.6 Å². The van der Waals surface area contributed by atoms with Gasteiger partial charge < -0.3 is 14.8 Å². The summed E-state index contributed by atoms with van der Waals surface area (Å²) in [5, 5.41) is 3.40. The molecule has 3 nitrogen and oxygen atoms in total. The van der Waals surface area contributed by atoms with E-state index in [0.29, 0.717) is 31.3 Å². The first-order chi connectivity index (χ1) is 14.5. The minimum Gasteiger partial charge on any atom is -0.490 e. The molecular formula is C24H24BrF2NO2. The molecule has 0 aliphatic carbocycles. The van der Waals surface area contributed by atoms with Crippen molar-refractivity contribution in [1.29, 1.82) is 0 Å². The Kier molecular flexibility index (Phi) is 8.22. The zero-order valence-electron chi connectivity index (χ0n) is 16.8. The van der Waals surface area contributed by atoms with E-state index in [1.165, 1.54) is 24.3 Å². The van der Waals surface area contributed by atoms with E-state index in [-0.39, 0.29) is 11.6 Å². The van der Waals surface area contributed by atoms with E-state index in [0.717, 1.165) is 34.1 Å². The number of hydrogen-bond acceptors (Lipinski definition) is 3. The molecule has 0 aliphatic rings. The second-order valence-electron chi connectivity index (χ2n) is 6.81. The minimum atomic E-state index is -0.272. The Morgan fingerprint density at radius 2 is 1.47 bits per heavy atom. The fraction of sp³-hybridized carbons (Fsp3) is 0.250.